The Labute approximate surface area is 190 Å². The first-order valence-corrected chi connectivity index (χ1v) is 11.9. The quantitative estimate of drug-likeness (QED) is 0.563. The molecule has 168 valence electrons. The molecule has 1 amide bonds. The van der Waals surface area contributed by atoms with Gasteiger partial charge < -0.3 is 19.1 Å². The van der Waals surface area contributed by atoms with Crippen molar-refractivity contribution in [2.24, 2.45) is 0 Å². The number of ether oxygens (including phenoxy) is 1. The standard InChI is InChI=1S/C27H33N3O2/c1-19(2)28-13-11-23(12-14-28)32-24-9-10-25-22(15-24)16-26-27(31)29(17-20(3)30(25)26)18-21-7-5-4-6-8-21/h4-10,15-16,19-20,23H,11-14,17-18H2,1-3H3/t20-/m1/s1. The van der Waals surface area contributed by atoms with Crippen LogP contribution in [0.1, 0.15) is 55.7 Å². The molecular formula is C27H33N3O2. The molecule has 1 fully saturated rings. The average Bonchev–Trinajstić information content (AvgIpc) is 3.18. The largest absolute Gasteiger partial charge is 0.490 e. The minimum Gasteiger partial charge on any atom is -0.490 e. The number of rotatable bonds is 5. The van der Waals surface area contributed by atoms with E-state index in [4.69, 9.17) is 4.74 Å². The van der Waals surface area contributed by atoms with E-state index in [2.05, 4.69) is 60.6 Å². The van der Waals surface area contributed by atoms with Gasteiger partial charge in [-0.05, 0) is 63.4 Å². The van der Waals surface area contributed by atoms with E-state index in [0.29, 0.717) is 12.6 Å². The second-order valence-corrected chi connectivity index (χ2v) is 9.59. The van der Waals surface area contributed by atoms with Crippen LogP contribution in [0.3, 0.4) is 0 Å². The van der Waals surface area contributed by atoms with Crippen molar-refractivity contribution in [2.75, 3.05) is 19.6 Å². The Morgan fingerprint density at radius 2 is 1.78 bits per heavy atom. The maximum absolute atomic E-state index is 13.3. The molecule has 0 unspecified atom stereocenters. The molecule has 3 aromatic rings. The third kappa shape index (κ3) is 4.02. The molecule has 1 atom stereocenters. The van der Waals surface area contributed by atoms with E-state index in [9.17, 15) is 4.79 Å². The summed E-state index contributed by atoms with van der Waals surface area (Å²) in [6.45, 7) is 10.3. The zero-order valence-electron chi connectivity index (χ0n) is 19.3. The van der Waals surface area contributed by atoms with Crippen molar-refractivity contribution in [1.29, 1.82) is 0 Å². The summed E-state index contributed by atoms with van der Waals surface area (Å²) in [5.74, 6) is 1.01. The lowest BCUT2D eigenvalue weighted by Gasteiger charge is -2.34. The predicted molar refractivity (Wildman–Crippen MR) is 128 cm³/mol. The third-order valence-electron chi connectivity index (χ3n) is 6.97. The van der Waals surface area contributed by atoms with Gasteiger partial charge in [0.15, 0.2) is 0 Å². The summed E-state index contributed by atoms with van der Waals surface area (Å²) >= 11 is 0. The Bertz CT molecular complexity index is 1100. The molecule has 5 nitrogen and oxygen atoms in total. The fourth-order valence-electron chi connectivity index (χ4n) is 5.22. The second kappa shape index (κ2) is 8.62. The van der Waals surface area contributed by atoms with E-state index in [-0.39, 0.29) is 18.1 Å². The number of hydrogen-bond acceptors (Lipinski definition) is 3. The number of carbonyl (C=O) groups excluding carboxylic acids is 1. The number of aromatic nitrogens is 1. The Morgan fingerprint density at radius 1 is 1.03 bits per heavy atom. The smallest absolute Gasteiger partial charge is 0.270 e. The van der Waals surface area contributed by atoms with Crippen molar-refractivity contribution in [3.05, 3.63) is 65.9 Å². The summed E-state index contributed by atoms with van der Waals surface area (Å²) in [6, 6.07) is 19.4. The lowest BCUT2D eigenvalue weighted by atomic mass is 10.1. The summed E-state index contributed by atoms with van der Waals surface area (Å²) in [7, 11) is 0. The lowest BCUT2D eigenvalue weighted by molar-refractivity contribution is 0.0665. The molecule has 3 heterocycles. The van der Waals surface area contributed by atoms with E-state index < -0.39 is 0 Å². The van der Waals surface area contributed by atoms with Gasteiger partial charge in [0.05, 0.1) is 0 Å². The van der Waals surface area contributed by atoms with Gasteiger partial charge in [-0.25, -0.2) is 0 Å². The number of piperidine rings is 1. The number of benzene rings is 2. The van der Waals surface area contributed by atoms with E-state index in [1.54, 1.807) is 0 Å². The van der Waals surface area contributed by atoms with E-state index >= 15 is 0 Å². The van der Waals surface area contributed by atoms with Crippen molar-refractivity contribution >= 4 is 16.8 Å². The van der Waals surface area contributed by atoms with Crippen LogP contribution in [-0.2, 0) is 6.54 Å². The highest BCUT2D eigenvalue weighted by Gasteiger charge is 2.31. The molecule has 5 rings (SSSR count). The molecule has 0 bridgehead atoms. The van der Waals surface area contributed by atoms with Crippen LogP contribution >= 0.6 is 0 Å². The van der Waals surface area contributed by atoms with Crippen LogP contribution in [0.5, 0.6) is 5.75 Å². The molecule has 0 aliphatic carbocycles. The number of amides is 1. The monoisotopic (exact) mass is 431 g/mol. The molecule has 1 aromatic heterocycles. The molecule has 5 heteroatoms. The molecule has 0 spiro atoms. The van der Waals surface area contributed by atoms with Crippen molar-refractivity contribution in [1.82, 2.24) is 14.4 Å². The van der Waals surface area contributed by atoms with Crippen molar-refractivity contribution in [3.8, 4) is 5.75 Å². The third-order valence-corrected chi connectivity index (χ3v) is 6.97. The zero-order valence-corrected chi connectivity index (χ0v) is 19.3. The van der Waals surface area contributed by atoms with Gasteiger partial charge in [-0.15, -0.1) is 0 Å². The van der Waals surface area contributed by atoms with Gasteiger partial charge in [0.2, 0.25) is 0 Å². The maximum Gasteiger partial charge on any atom is 0.270 e. The average molecular weight is 432 g/mol. The Balaban J connectivity index is 1.35. The lowest BCUT2D eigenvalue weighted by Crippen LogP contribution is -2.41. The number of nitrogens with zero attached hydrogens (tertiary/aromatic N) is 3. The van der Waals surface area contributed by atoms with Crippen LogP contribution in [-0.4, -0.2) is 52.1 Å². The molecule has 1 saturated heterocycles. The van der Waals surface area contributed by atoms with Crippen LogP contribution in [0, 0.1) is 0 Å². The van der Waals surface area contributed by atoms with Crippen molar-refractivity contribution < 1.29 is 9.53 Å². The SMILES string of the molecule is CC(C)N1CCC(Oc2ccc3c(c2)cc2n3[C@H](C)CN(Cc3ccccc3)C2=O)CC1. The first-order valence-electron chi connectivity index (χ1n) is 11.9. The predicted octanol–water partition coefficient (Wildman–Crippen LogP) is 5.11. The van der Waals surface area contributed by atoms with Gasteiger partial charge in [-0.3, -0.25) is 4.79 Å². The summed E-state index contributed by atoms with van der Waals surface area (Å²) in [5, 5.41) is 1.08. The van der Waals surface area contributed by atoms with E-state index in [1.165, 1.54) is 0 Å². The van der Waals surface area contributed by atoms with Gasteiger partial charge in [-0.2, -0.15) is 0 Å². The molecule has 0 N–H and O–H groups in total. The highest BCUT2D eigenvalue weighted by molar-refractivity contribution is 6.00. The van der Waals surface area contributed by atoms with Crippen molar-refractivity contribution in [3.63, 3.8) is 0 Å². The molecular weight excluding hydrogens is 398 g/mol. The normalized spacial score (nSPS) is 20.2. The molecule has 2 aliphatic rings. The molecule has 2 aromatic carbocycles. The Kier molecular flexibility index (Phi) is 5.68. The van der Waals surface area contributed by atoms with Crippen LogP contribution in [0.4, 0.5) is 0 Å². The zero-order chi connectivity index (χ0) is 22.2. The Hall–Kier alpha value is -2.79. The second-order valence-electron chi connectivity index (χ2n) is 9.59. The van der Waals surface area contributed by atoms with Crippen molar-refractivity contribution in [2.45, 2.75) is 58.3 Å². The van der Waals surface area contributed by atoms with Gasteiger partial charge in [-0.1, -0.05) is 30.3 Å². The van der Waals surface area contributed by atoms with Gasteiger partial charge in [0, 0.05) is 49.2 Å². The van der Waals surface area contributed by atoms with Crippen LogP contribution in [0.2, 0.25) is 0 Å². The highest BCUT2D eigenvalue weighted by Crippen LogP contribution is 2.33. The van der Waals surface area contributed by atoms with Gasteiger partial charge in [0.1, 0.15) is 17.5 Å². The summed E-state index contributed by atoms with van der Waals surface area (Å²) < 4.78 is 8.54. The molecule has 0 saturated carbocycles. The first-order chi connectivity index (χ1) is 15.5. The fourth-order valence-corrected chi connectivity index (χ4v) is 5.22. The Morgan fingerprint density at radius 3 is 2.50 bits per heavy atom. The number of hydrogen-bond donors (Lipinski definition) is 0. The fraction of sp³-hybridized carbons (Fsp3) is 0.444. The molecule has 2 aliphatic heterocycles. The summed E-state index contributed by atoms with van der Waals surface area (Å²) in [4.78, 5) is 17.8. The molecule has 0 radical (unpaired) electrons. The summed E-state index contributed by atoms with van der Waals surface area (Å²) in [5.41, 5.74) is 3.05. The highest BCUT2D eigenvalue weighted by atomic mass is 16.5. The number of carbonyl (C=O) groups is 1. The van der Waals surface area contributed by atoms with E-state index in [0.717, 1.165) is 60.4 Å². The molecule has 32 heavy (non-hydrogen) atoms. The number of likely N-dealkylation sites (tertiary alicyclic amines) is 1. The van der Waals surface area contributed by atoms with Crippen LogP contribution in [0.15, 0.2) is 54.6 Å². The summed E-state index contributed by atoms with van der Waals surface area (Å²) in [6.07, 6.45) is 2.39. The number of fused-ring (bicyclic) bond motifs is 3. The minimum atomic E-state index is 0.103. The van der Waals surface area contributed by atoms with Gasteiger partial charge >= 0.3 is 0 Å². The van der Waals surface area contributed by atoms with Crippen LogP contribution in [0.25, 0.3) is 10.9 Å². The first kappa shape index (κ1) is 21.1. The minimum absolute atomic E-state index is 0.103. The topological polar surface area (TPSA) is 37.7 Å². The van der Waals surface area contributed by atoms with Gasteiger partial charge in [0.25, 0.3) is 5.91 Å². The van der Waals surface area contributed by atoms with E-state index in [1.807, 2.05) is 29.2 Å². The maximum atomic E-state index is 13.3. The van der Waals surface area contributed by atoms with Crippen LogP contribution < -0.4 is 4.74 Å².